The molecular weight excluding hydrogens is 371 g/mol. The minimum Gasteiger partial charge on any atom is -0.441 e. The van der Waals surface area contributed by atoms with Gasteiger partial charge in [0, 0.05) is 23.7 Å². The number of carbonyl (C=O) groups is 1. The van der Waals surface area contributed by atoms with Gasteiger partial charge in [0.25, 0.3) is 5.91 Å². The van der Waals surface area contributed by atoms with Crippen LogP contribution in [-0.2, 0) is 6.18 Å². The molecule has 2 N–H and O–H groups in total. The minimum absolute atomic E-state index is 0.00867. The van der Waals surface area contributed by atoms with E-state index in [9.17, 15) is 18.0 Å². The number of carbonyl (C=O) groups excluding carboxylic acids is 1. The van der Waals surface area contributed by atoms with Crippen LogP contribution in [-0.4, -0.2) is 41.0 Å². The number of amides is 1. The molecule has 0 aliphatic carbocycles. The van der Waals surface area contributed by atoms with E-state index in [0.29, 0.717) is 23.3 Å². The number of nitrogens with one attached hydrogen (secondary N) is 2. The lowest BCUT2D eigenvalue weighted by atomic mass is 9.79. The molecule has 28 heavy (non-hydrogen) atoms. The number of halogens is 3. The van der Waals surface area contributed by atoms with Gasteiger partial charge in [-0.1, -0.05) is 0 Å². The van der Waals surface area contributed by atoms with E-state index in [2.05, 4.69) is 22.1 Å². The van der Waals surface area contributed by atoms with Crippen LogP contribution in [0, 0.1) is 5.92 Å². The third-order valence-corrected chi connectivity index (χ3v) is 5.78. The van der Waals surface area contributed by atoms with Crippen LogP contribution in [0.4, 0.5) is 13.2 Å². The molecular formula is C20H22F3N3O2. The van der Waals surface area contributed by atoms with Crippen molar-refractivity contribution in [2.75, 3.05) is 13.1 Å². The molecule has 3 aliphatic rings. The molecule has 3 saturated heterocycles. The number of ether oxygens (including phenoxy) is 1. The Labute approximate surface area is 160 Å². The molecule has 5 rings (SSSR count). The Morgan fingerprint density at radius 1 is 1.14 bits per heavy atom. The predicted molar refractivity (Wildman–Crippen MR) is 97.3 cm³/mol. The number of fused-ring (bicyclic) bond motifs is 3. The minimum atomic E-state index is -4.45. The number of benzene rings is 1. The molecule has 0 radical (unpaired) electrons. The quantitative estimate of drug-likeness (QED) is 0.824. The number of aromatic amines is 1. The first-order valence-electron chi connectivity index (χ1n) is 9.40. The summed E-state index contributed by atoms with van der Waals surface area (Å²) in [7, 11) is 0. The highest BCUT2D eigenvalue weighted by Crippen LogP contribution is 2.33. The Bertz CT molecular complexity index is 837. The second-order valence-electron chi connectivity index (χ2n) is 7.47. The van der Waals surface area contributed by atoms with Crippen molar-refractivity contribution in [2.45, 2.75) is 38.0 Å². The van der Waals surface area contributed by atoms with Gasteiger partial charge in [-0.25, -0.2) is 0 Å². The standard InChI is InChI=1S/C20H22F3N3O2/c1-12-18(13-8-10-26(12)11-9-13)25-19(27)14-2-4-15(5-3-14)28-17-7-6-16(24-17)20(21,22)23/h2-7,12-13,18,24H,8-11H2,1H3,(H,25,27). The van der Waals surface area contributed by atoms with Crippen LogP contribution in [0.2, 0.25) is 0 Å². The van der Waals surface area contributed by atoms with E-state index < -0.39 is 11.9 Å². The zero-order valence-electron chi connectivity index (χ0n) is 15.4. The van der Waals surface area contributed by atoms with Gasteiger partial charge in [-0.15, -0.1) is 0 Å². The van der Waals surface area contributed by atoms with Gasteiger partial charge in [-0.3, -0.25) is 9.69 Å². The van der Waals surface area contributed by atoms with Gasteiger partial charge in [0.05, 0.1) is 0 Å². The van der Waals surface area contributed by atoms with Gasteiger partial charge in [0.1, 0.15) is 11.4 Å². The molecule has 0 saturated carbocycles. The van der Waals surface area contributed by atoms with Crippen molar-refractivity contribution in [2.24, 2.45) is 5.92 Å². The van der Waals surface area contributed by atoms with Crippen LogP contribution in [0.15, 0.2) is 36.4 Å². The second kappa shape index (κ2) is 7.16. The van der Waals surface area contributed by atoms with Gasteiger partial charge in [0.15, 0.2) is 5.88 Å². The average molecular weight is 393 g/mol. The van der Waals surface area contributed by atoms with Gasteiger partial charge < -0.3 is 15.0 Å². The number of hydrogen-bond donors (Lipinski definition) is 2. The summed E-state index contributed by atoms with van der Waals surface area (Å²) in [5.74, 6) is 0.715. The molecule has 1 amide bonds. The number of piperidine rings is 3. The van der Waals surface area contributed by atoms with E-state index in [1.807, 2.05) is 0 Å². The maximum Gasteiger partial charge on any atom is 0.431 e. The third kappa shape index (κ3) is 3.73. The number of nitrogens with zero attached hydrogens (tertiary/aromatic N) is 1. The summed E-state index contributed by atoms with van der Waals surface area (Å²) in [6.45, 7) is 4.34. The van der Waals surface area contributed by atoms with Gasteiger partial charge >= 0.3 is 6.18 Å². The van der Waals surface area contributed by atoms with Crippen molar-refractivity contribution >= 4 is 5.91 Å². The molecule has 1 aromatic carbocycles. The van der Waals surface area contributed by atoms with E-state index in [1.165, 1.54) is 6.07 Å². The van der Waals surface area contributed by atoms with Crippen LogP contribution >= 0.6 is 0 Å². The van der Waals surface area contributed by atoms with Crippen LogP contribution in [0.25, 0.3) is 0 Å². The number of alkyl halides is 3. The molecule has 150 valence electrons. The van der Waals surface area contributed by atoms with Crippen LogP contribution < -0.4 is 10.1 Å². The van der Waals surface area contributed by atoms with Crippen molar-refractivity contribution in [3.8, 4) is 11.6 Å². The summed E-state index contributed by atoms with van der Waals surface area (Å²) >= 11 is 0. The lowest BCUT2D eigenvalue weighted by molar-refractivity contribution is -0.140. The van der Waals surface area contributed by atoms with Crippen molar-refractivity contribution in [3.05, 3.63) is 47.7 Å². The summed E-state index contributed by atoms with van der Waals surface area (Å²) in [6.07, 6.45) is -2.23. The predicted octanol–water partition coefficient (Wildman–Crippen LogP) is 4.04. The Hall–Kier alpha value is -2.48. The molecule has 3 fully saturated rings. The molecule has 8 heteroatoms. The lowest BCUT2D eigenvalue weighted by Gasteiger charge is -2.49. The highest BCUT2D eigenvalue weighted by Gasteiger charge is 2.40. The number of aromatic nitrogens is 1. The largest absolute Gasteiger partial charge is 0.441 e. The molecule has 2 aromatic rings. The maximum absolute atomic E-state index is 12.6. The van der Waals surface area contributed by atoms with Gasteiger partial charge in [0.2, 0.25) is 0 Å². The van der Waals surface area contributed by atoms with Crippen molar-refractivity contribution < 1.29 is 22.7 Å². The van der Waals surface area contributed by atoms with Crippen LogP contribution in [0.1, 0.15) is 35.8 Å². The SMILES string of the molecule is CC1C(NC(=O)c2ccc(Oc3ccc(C(F)(F)F)[nH]3)cc2)C2CCN1CC2. The monoisotopic (exact) mass is 393 g/mol. The number of H-pyrrole nitrogens is 1. The van der Waals surface area contributed by atoms with E-state index in [-0.39, 0.29) is 17.8 Å². The molecule has 4 heterocycles. The average Bonchev–Trinajstić information content (AvgIpc) is 3.14. The van der Waals surface area contributed by atoms with Gasteiger partial charge in [-0.05, 0) is 69.1 Å². The van der Waals surface area contributed by atoms with Crippen molar-refractivity contribution in [1.82, 2.24) is 15.2 Å². The van der Waals surface area contributed by atoms with E-state index in [0.717, 1.165) is 32.0 Å². The zero-order valence-corrected chi connectivity index (χ0v) is 15.4. The molecule has 3 aliphatic heterocycles. The van der Waals surface area contributed by atoms with Gasteiger partial charge in [-0.2, -0.15) is 13.2 Å². The smallest absolute Gasteiger partial charge is 0.431 e. The van der Waals surface area contributed by atoms with Crippen LogP contribution in [0.5, 0.6) is 11.6 Å². The molecule has 0 spiro atoms. The summed E-state index contributed by atoms with van der Waals surface area (Å²) in [4.78, 5) is 17.2. The summed E-state index contributed by atoms with van der Waals surface area (Å²) in [5, 5.41) is 3.15. The number of rotatable bonds is 4. The van der Waals surface area contributed by atoms with Crippen LogP contribution in [0.3, 0.4) is 0 Å². The topological polar surface area (TPSA) is 57.4 Å². The molecule has 5 nitrogen and oxygen atoms in total. The summed E-state index contributed by atoms with van der Waals surface area (Å²) in [5.41, 5.74) is -0.372. The first-order chi connectivity index (χ1) is 13.3. The fourth-order valence-corrected chi connectivity index (χ4v) is 4.18. The van der Waals surface area contributed by atoms with E-state index in [1.54, 1.807) is 24.3 Å². The van der Waals surface area contributed by atoms with Crippen molar-refractivity contribution in [1.29, 1.82) is 0 Å². The van der Waals surface area contributed by atoms with E-state index in [4.69, 9.17) is 4.74 Å². The normalized spacial score (nSPS) is 26.9. The highest BCUT2D eigenvalue weighted by molar-refractivity contribution is 5.94. The molecule has 2 unspecified atom stereocenters. The third-order valence-electron chi connectivity index (χ3n) is 5.78. The second-order valence-corrected chi connectivity index (χ2v) is 7.47. The van der Waals surface area contributed by atoms with E-state index >= 15 is 0 Å². The maximum atomic E-state index is 12.6. The first kappa shape index (κ1) is 18.9. The molecule has 1 aromatic heterocycles. The summed E-state index contributed by atoms with van der Waals surface area (Å²) < 4.78 is 43.3. The summed E-state index contributed by atoms with van der Waals surface area (Å²) in [6, 6.07) is 8.99. The Morgan fingerprint density at radius 2 is 1.82 bits per heavy atom. The molecule has 2 atom stereocenters. The fraction of sp³-hybridized carbons (Fsp3) is 0.450. The molecule has 2 bridgehead atoms. The Morgan fingerprint density at radius 3 is 2.39 bits per heavy atom. The highest BCUT2D eigenvalue weighted by atomic mass is 19.4. The first-order valence-corrected chi connectivity index (χ1v) is 9.40. The number of hydrogen-bond acceptors (Lipinski definition) is 3. The van der Waals surface area contributed by atoms with Crippen molar-refractivity contribution in [3.63, 3.8) is 0 Å². The zero-order chi connectivity index (χ0) is 19.9. The Balaban J connectivity index is 1.39. The lowest BCUT2D eigenvalue weighted by Crippen LogP contribution is -2.62. The Kier molecular flexibility index (Phi) is 4.82. The fourth-order valence-electron chi connectivity index (χ4n) is 4.18.